The van der Waals surface area contributed by atoms with E-state index in [2.05, 4.69) is 38.2 Å². The maximum Gasteiger partial charge on any atom is 0.0876 e. The zero-order valence-corrected chi connectivity index (χ0v) is 13.7. The number of rotatable bonds is 13. The number of hydrogen-bond donors (Lipinski definition) is 0. The second kappa shape index (κ2) is 12.2. The van der Waals surface area contributed by atoms with E-state index in [0.717, 1.165) is 19.3 Å². The van der Waals surface area contributed by atoms with Gasteiger partial charge in [0.05, 0.1) is 12.2 Å². The van der Waals surface area contributed by atoms with E-state index >= 15 is 0 Å². The summed E-state index contributed by atoms with van der Waals surface area (Å²) >= 11 is 0. The summed E-state index contributed by atoms with van der Waals surface area (Å²) in [6, 6.07) is 0. The molecule has 1 saturated heterocycles. The smallest absolute Gasteiger partial charge is 0.0876 e. The van der Waals surface area contributed by atoms with E-state index in [-0.39, 0.29) is 0 Å². The maximum absolute atomic E-state index is 5.50. The van der Waals surface area contributed by atoms with E-state index in [9.17, 15) is 0 Å². The van der Waals surface area contributed by atoms with Crippen LogP contribution >= 0.6 is 0 Å². The minimum Gasteiger partial charge on any atom is -0.369 e. The Morgan fingerprint density at radius 2 is 1.45 bits per heavy atom. The quantitative estimate of drug-likeness (QED) is 0.222. The van der Waals surface area contributed by atoms with Gasteiger partial charge >= 0.3 is 0 Å². The van der Waals surface area contributed by atoms with Crippen LogP contribution in [0.15, 0.2) is 24.3 Å². The zero-order valence-electron chi connectivity index (χ0n) is 13.7. The summed E-state index contributed by atoms with van der Waals surface area (Å²) < 4.78 is 5.50. The van der Waals surface area contributed by atoms with Crippen molar-refractivity contribution in [3.63, 3.8) is 0 Å². The van der Waals surface area contributed by atoms with Gasteiger partial charge in [-0.1, -0.05) is 76.7 Å². The number of epoxide rings is 1. The minimum absolute atomic E-state index is 0.521. The minimum atomic E-state index is 0.521. The van der Waals surface area contributed by atoms with E-state index in [4.69, 9.17) is 4.74 Å². The first kappa shape index (κ1) is 17.5. The van der Waals surface area contributed by atoms with Crippen LogP contribution < -0.4 is 0 Å². The zero-order chi connectivity index (χ0) is 14.5. The molecule has 20 heavy (non-hydrogen) atoms. The second-order valence-electron chi connectivity index (χ2n) is 5.95. The van der Waals surface area contributed by atoms with Gasteiger partial charge in [0.1, 0.15) is 0 Å². The van der Waals surface area contributed by atoms with Crippen LogP contribution in [0.4, 0.5) is 0 Å². The molecular formula is C19H34O. The van der Waals surface area contributed by atoms with Crippen LogP contribution in [-0.4, -0.2) is 12.2 Å². The van der Waals surface area contributed by atoms with Gasteiger partial charge in [-0.15, -0.1) is 0 Å². The molecule has 0 amide bonds. The highest BCUT2D eigenvalue weighted by atomic mass is 16.6. The molecule has 116 valence electrons. The van der Waals surface area contributed by atoms with Crippen molar-refractivity contribution >= 4 is 0 Å². The van der Waals surface area contributed by atoms with Crippen molar-refractivity contribution in [2.75, 3.05) is 0 Å². The molecule has 0 saturated carbocycles. The Morgan fingerprint density at radius 1 is 0.750 bits per heavy atom. The maximum atomic E-state index is 5.50. The standard InChI is InChI=1S/C19H34O/c1-3-5-6-7-8-9-10-11-12-13-14-15-16-17-19-18(4-2)20-19/h12-13,15-16,18-19H,3-11,14,17H2,1-2H3. The molecular weight excluding hydrogens is 244 g/mol. The lowest BCUT2D eigenvalue weighted by Gasteiger charge is -1.98. The van der Waals surface area contributed by atoms with Gasteiger partial charge in [0.15, 0.2) is 0 Å². The molecule has 0 aromatic rings. The Morgan fingerprint density at radius 3 is 2.15 bits per heavy atom. The van der Waals surface area contributed by atoms with Crippen molar-refractivity contribution < 1.29 is 4.74 Å². The SMILES string of the molecule is CCCCCCCCCC=CCC=CCC1OC1CC. The summed E-state index contributed by atoms with van der Waals surface area (Å²) in [5.41, 5.74) is 0. The molecule has 1 rings (SSSR count). The van der Waals surface area contributed by atoms with Gasteiger partial charge < -0.3 is 4.74 Å². The molecule has 2 unspecified atom stereocenters. The molecule has 0 aliphatic carbocycles. The van der Waals surface area contributed by atoms with Crippen molar-refractivity contribution in [2.24, 2.45) is 0 Å². The summed E-state index contributed by atoms with van der Waals surface area (Å²) in [5.74, 6) is 0. The van der Waals surface area contributed by atoms with Gasteiger partial charge in [0.2, 0.25) is 0 Å². The molecule has 0 radical (unpaired) electrons. The number of allylic oxidation sites excluding steroid dienone is 3. The number of hydrogen-bond acceptors (Lipinski definition) is 1. The summed E-state index contributed by atoms with van der Waals surface area (Å²) in [6.45, 7) is 4.47. The third kappa shape index (κ3) is 9.36. The lowest BCUT2D eigenvalue weighted by molar-refractivity contribution is 0.367. The van der Waals surface area contributed by atoms with Gasteiger partial charge in [-0.05, 0) is 32.1 Å². The van der Waals surface area contributed by atoms with Crippen LogP contribution in [0.1, 0.15) is 84.5 Å². The van der Waals surface area contributed by atoms with Crippen LogP contribution in [0.25, 0.3) is 0 Å². The van der Waals surface area contributed by atoms with Gasteiger partial charge in [0.25, 0.3) is 0 Å². The topological polar surface area (TPSA) is 12.5 Å². The molecule has 0 bridgehead atoms. The fourth-order valence-electron chi connectivity index (χ4n) is 2.58. The summed E-state index contributed by atoms with van der Waals surface area (Å²) in [4.78, 5) is 0. The Kier molecular flexibility index (Phi) is 10.7. The van der Waals surface area contributed by atoms with Crippen molar-refractivity contribution in [3.8, 4) is 0 Å². The van der Waals surface area contributed by atoms with Gasteiger partial charge in [-0.2, -0.15) is 0 Å². The van der Waals surface area contributed by atoms with Crippen LogP contribution in [-0.2, 0) is 4.74 Å². The number of ether oxygens (including phenoxy) is 1. The molecule has 1 heterocycles. The lowest BCUT2D eigenvalue weighted by Crippen LogP contribution is -1.88. The van der Waals surface area contributed by atoms with E-state index in [1.807, 2.05) is 0 Å². The molecule has 0 aromatic heterocycles. The van der Waals surface area contributed by atoms with Crippen LogP contribution in [0.3, 0.4) is 0 Å². The fourth-order valence-corrected chi connectivity index (χ4v) is 2.58. The fraction of sp³-hybridized carbons (Fsp3) is 0.789. The highest BCUT2D eigenvalue weighted by Crippen LogP contribution is 2.28. The van der Waals surface area contributed by atoms with E-state index in [1.165, 1.54) is 51.4 Å². The first-order chi connectivity index (χ1) is 9.88. The average molecular weight is 278 g/mol. The van der Waals surface area contributed by atoms with E-state index in [0.29, 0.717) is 12.2 Å². The summed E-state index contributed by atoms with van der Waals surface area (Å²) in [6.07, 6.45) is 24.7. The first-order valence-electron chi connectivity index (χ1n) is 8.84. The van der Waals surface area contributed by atoms with Gasteiger partial charge in [0, 0.05) is 0 Å². The third-order valence-electron chi connectivity index (χ3n) is 4.04. The lowest BCUT2D eigenvalue weighted by atomic mass is 10.1. The van der Waals surface area contributed by atoms with E-state index in [1.54, 1.807) is 0 Å². The molecule has 1 heteroatoms. The van der Waals surface area contributed by atoms with Gasteiger partial charge in [-0.3, -0.25) is 0 Å². The Labute approximate surface area is 126 Å². The molecule has 2 atom stereocenters. The first-order valence-corrected chi connectivity index (χ1v) is 8.84. The second-order valence-corrected chi connectivity index (χ2v) is 5.95. The largest absolute Gasteiger partial charge is 0.369 e. The molecule has 0 N–H and O–H groups in total. The highest BCUT2D eigenvalue weighted by molar-refractivity contribution is 4.97. The third-order valence-corrected chi connectivity index (χ3v) is 4.04. The average Bonchev–Trinajstić information content (AvgIpc) is 3.22. The van der Waals surface area contributed by atoms with Gasteiger partial charge in [-0.25, -0.2) is 0 Å². The molecule has 0 spiro atoms. The Bertz CT molecular complexity index is 267. The Hall–Kier alpha value is -0.560. The predicted octanol–water partition coefficient (Wildman–Crippen LogP) is 6.20. The molecule has 1 nitrogen and oxygen atoms in total. The van der Waals surface area contributed by atoms with Crippen molar-refractivity contribution in [1.82, 2.24) is 0 Å². The van der Waals surface area contributed by atoms with Crippen LogP contribution in [0, 0.1) is 0 Å². The van der Waals surface area contributed by atoms with Crippen molar-refractivity contribution in [2.45, 2.75) is 96.7 Å². The summed E-state index contributed by atoms with van der Waals surface area (Å²) in [5, 5.41) is 0. The normalized spacial score (nSPS) is 22.1. The monoisotopic (exact) mass is 278 g/mol. The highest BCUT2D eigenvalue weighted by Gasteiger charge is 2.35. The summed E-state index contributed by atoms with van der Waals surface area (Å²) in [7, 11) is 0. The van der Waals surface area contributed by atoms with Crippen LogP contribution in [0.2, 0.25) is 0 Å². The molecule has 1 aliphatic heterocycles. The molecule has 1 aliphatic rings. The molecule has 0 aromatic carbocycles. The van der Waals surface area contributed by atoms with Crippen molar-refractivity contribution in [3.05, 3.63) is 24.3 Å². The van der Waals surface area contributed by atoms with E-state index < -0.39 is 0 Å². The number of unbranched alkanes of at least 4 members (excludes halogenated alkanes) is 7. The molecule has 1 fully saturated rings. The van der Waals surface area contributed by atoms with Crippen molar-refractivity contribution in [1.29, 1.82) is 0 Å². The van der Waals surface area contributed by atoms with Crippen LogP contribution in [0.5, 0.6) is 0 Å². The Balaban J connectivity index is 1.79. The predicted molar refractivity (Wildman–Crippen MR) is 89.1 cm³/mol.